The largest absolute Gasteiger partial charge is 0.367 e. The summed E-state index contributed by atoms with van der Waals surface area (Å²) in [5.41, 5.74) is 0.417. The lowest BCUT2D eigenvalue weighted by Gasteiger charge is -2.32. The van der Waals surface area contributed by atoms with Crippen LogP contribution in [0.1, 0.15) is 49.0 Å². The average Bonchev–Trinajstić information content (AvgIpc) is 2.90. The minimum absolute atomic E-state index is 0.0909. The van der Waals surface area contributed by atoms with Crippen LogP contribution in [0.3, 0.4) is 0 Å². The van der Waals surface area contributed by atoms with Crippen molar-refractivity contribution in [2.75, 3.05) is 31.5 Å². The fourth-order valence-corrected chi connectivity index (χ4v) is 3.38. The predicted molar refractivity (Wildman–Crippen MR) is 90.7 cm³/mol. The van der Waals surface area contributed by atoms with Crippen LogP contribution in [0.5, 0.6) is 0 Å². The second kappa shape index (κ2) is 8.08. The van der Waals surface area contributed by atoms with Gasteiger partial charge in [-0.2, -0.15) is 0 Å². The van der Waals surface area contributed by atoms with E-state index in [0.29, 0.717) is 37.9 Å². The summed E-state index contributed by atoms with van der Waals surface area (Å²) in [7, 11) is 0. The highest BCUT2D eigenvalue weighted by atomic mass is 16.2. The van der Waals surface area contributed by atoms with E-state index in [-0.39, 0.29) is 5.91 Å². The molecule has 1 saturated heterocycles. The first-order valence-electron chi connectivity index (χ1n) is 8.83. The van der Waals surface area contributed by atoms with Gasteiger partial charge in [0, 0.05) is 38.3 Å². The van der Waals surface area contributed by atoms with E-state index in [2.05, 4.69) is 15.3 Å². The summed E-state index contributed by atoms with van der Waals surface area (Å²) >= 11 is 0. The normalized spacial score (nSPS) is 19.7. The van der Waals surface area contributed by atoms with Gasteiger partial charge in [0.1, 0.15) is 17.8 Å². The summed E-state index contributed by atoms with van der Waals surface area (Å²) in [4.78, 5) is 35.2. The molecule has 0 spiro atoms. The molecule has 1 N–H and O–H groups in total. The van der Waals surface area contributed by atoms with Crippen molar-refractivity contribution in [2.45, 2.75) is 44.6 Å². The van der Waals surface area contributed by atoms with Crippen LogP contribution >= 0.6 is 0 Å². The maximum atomic E-state index is 12.6. The summed E-state index contributed by atoms with van der Waals surface area (Å²) in [5, 5.41) is 3.46. The molecule has 1 aromatic rings. The molecule has 0 bridgehead atoms. The molecule has 2 fully saturated rings. The van der Waals surface area contributed by atoms with Gasteiger partial charge in [0.25, 0.3) is 5.91 Å². The Kier molecular flexibility index (Phi) is 5.61. The molecular formula is C17H25N5O2. The second-order valence-corrected chi connectivity index (χ2v) is 6.55. The molecule has 1 saturated carbocycles. The van der Waals surface area contributed by atoms with E-state index >= 15 is 0 Å². The molecule has 24 heavy (non-hydrogen) atoms. The highest BCUT2D eigenvalue weighted by Crippen LogP contribution is 2.20. The van der Waals surface area contributed by atoms with Crippen LogP contribution in [-0.2, 0) is 4.79 Å². The molecule has 3 rings (SSSR count). The number of rotatable bonds is 4. The van der Waals surface area contributed by atoms with E-state index in [1.165, 1.54) is 32.0 Å². The third-order valence-electron chi connectivity index (χ3n) is 4.84. The predicted octanol–water partition coefficient (Wildman–Crippen LogP) is 1.53. The zero-order valence-corrected chi connectivity index (χ0v) is 14.0. The lowest BCUT2D eigenvalue weighted by molar-refractivity contribution is -0.119. The van der Waals surface area contributed by atoms with Gasteiger partial charge in [-0.1, -0.05) is 25.7 Å². The first-order valence-corrected chi connectivity index (χ1v) is 8.83. The number of amides is 2. The number of nitrogens with zero attached hydrogens (tertiary/aromatic N) is 4. The third kappa shape index (κ3) is 4.21. The summed E-state index contributed by atoms with van der Waals surface area (Å²) < 4.78 is 0. The quantitative estimate of drug-likeness (QED) is 0.668. The Bertz CT molecular complexity index is 564. The molecule has 0 aromatic carbocycles. The van der Waals surface area contributed by atoms with E-state index in [1.54, 1.807) is 15.9 Å². The SMILES string of the molecule is O=CN1CCN(C(=O)c2cc(NC3CCCCCC3)ncn2)CC1. The van der Waals surface area contributed by atoms with Crippen molar-refractivity contribution >= 4 is 18.1 Å². The third-order valence-corrected chi connectivity index (χ3v) is 4.84. The smallest absolute Gasteiger partial charge is 0.272 e. The zero-order valence-electron chi connectivity index (χ0n) is 14.0. The molecule has 7 nitrogen and oxygen atoms in total. The van der Waals surface area contributed by atoms with Crippen LogP contribution in [0.2, 0.25) is 0 Å². The van der Waals surface area contributed by atoms with E-state index < -0.39 is 0 Å². The Hall–Kier alpha value is -2.18. The molecule has 1 aliphatic heterocycles. The number of aromatic nitrogens is 2. The lowest BCUT2D eigenvalue weighted by Crippen LogP contribution is -2.48. The van der Waals surface area contributed by atoms with Gasteiger partial charge in [-0.05, 0) is 12.8 Å². The fourth-order valence-electron chi connectivity index (χ4n) is 3.38. The first kappa shape index (κ1) is 16.7. The van der Waals surface area contributed by atoms with E-state index in [1.807, 2.05) is 0 Å². The van der Waals surface area contributed by atoms with E-state index in [9.17, 15) is 9.59 Å². The van der Waals surface area contributed by atoms with Crippen LogP contribution in [0, 0.1) is 0 Å². The number of carbonyl (C=O) groups is 2. The monoisotopic (exact) mass is 331 g/mol. The Balaban J connectivity index is 1.61. The molecular weight excluding hydrogens is 306 g/mol. The minimum atomic E-state index is -0.0909. The summed E-state index contributed by atoms with van der Waals surface area (Å²) in [6.45, 7) is 2.25. The van der Waals surface area contributed by atoms with E-state index in [4.69, 9.17) is 0 Å². The molecule has 130 valence electrons. The van der Waals surface area contributed by atoms with Crippen LogP contribution in [0.15, 0.2) is 12.4 Å². The molecule has 1 aliphatic carbocycles. The number of carbonyl (C=O) groups excluding carboxylic acids is 2. The number of piperazine rings is 1. The molecule has 2 aliphatic rings. The van der Waals surface area contributed by atoms with Gasteiger partial charge < -0.3 is 15.1 Å². The van der Waals surface area contributed by atoms with Crippen molar-refractivity contribution in [2.24, 2.45) is 0 Å². The maximum Gasteiger partial charge on any atom is 0.272 e. The van der Waals surface area contributed by atoms with Gasteiger partial charge in [-0.25, -0.2) is 9.97 Å². The Morgan fingerprint density at radius 1 is 1.08 bits per heavy atom. The topological polar surface area (TPSA) is 78.4 Å². The maximum absolute atomic E-state index is 12.6. The number of hydrogen-bond donors (Lipinski definition) is 1. The van der Waals surface area contributed by atoms with Crippen LogP contribution in [0.25, 0.3) is 0 Å². The molecule has 0 atom stereocenters. The first-order chi connectivity index (χ1) is 11.8. The molecule has 2 heterocycles. The molecule has 0 radical (unpaired) electrons. The van der Waals surface area contributed by atoms with Gasteiger partial charge in [0.2, 0.25) is 6.41 Å². The minimum Gasteiger partial charge on any atom is -0.367 e. The standard InChI is InChI=1S/C17H25N5O2/c23-13-21-7-9-22(10-8-21)17(24)15-11-16(19-12-18-15)20-14-5-3-1-2-4-6-14/h11-14H,1-10H2,(H,18,19,20). The number of hydrogen-bond acceptors (Lipinski definition) is 5. The average molecular weight is 331 g/mol. The number of nitrogens with one attached hydrogen (secondary N) is 1. The highest BCUT2D eigenvalue weighted by Gasteiger charge is 2.23. The fraction of sp³-hybridized carbons (Fsp3) is 0.647. The summed E-state index contributed by atoms with van der Waals surface area (Å²) in [6, 6.07) is 2.18. The van der Waals surface area contributed by atoms with Crippen LogP contribution in [-0.4, -0.2) is 64.3 Å². The molecule has 2 amide bonds. The number of anilines is 1. The van der Waals surface area contributed by atoms with Gasteiger partial charge in [-0.15, -0.1) is 0 Å². The van der Waals surface area contributed by atoms with Crippen molar-refractivity contribution < 1.29 is 9.59 Å². The van der Waals surface area contributed by atoms with Crippen LogP contribution < -0.4 is 5.32 Å². The van der Waals surface area contributed by atoms with Gasteiger partial charge in [0.15, 0.2) is 0 Å². The molecule has 0 unspecified atom stereocenters. The molecule has 1 aromatic heterocycles. The lowest BCUT2D eigenvalue weighted by atomic mass is 10.1. The Morgan fingerprint density at radius 2 is 1.79 bits per heavy atom. The second-order valence-electron chi connectivity index (χ2n) is 6.55. The van der Waals surface area contributed by atoms with Crippen molar-refractivity contribution in [3.05, 3.63) is 18.1 Å². The van der Waals surface area contributed by atoms with Gasteiger partial charge >= 0.3 is 0 Å². The summed E-state index contributed by atoms with van der Waals surface area (Å²) in [6.07, 6.45) is 9.69. The van der Waals surface area contributed by atoms with E-state index in [0.717, 1.165) is 25.1 Å². The van der Waals surface area contributed by atoms with Gasteiger partial charge in [-0.3, -0.25) is 9.59 Å². The highest BCUT2D eigenvalue weighted by molar-refractivity contribution is 5.93. The van der Waals surface area contributed by atoms with Crippen molar-refractivity contribution in [1.82, 2.24) is 19.8 Å². The molecule has 7 heteroatoms. The zero-order chi connectivity index (χ0) is 16.8. The summed E-state index contributed by atoms with van der Waals surface area (Å²) in [5.74, 6) is 0.638. The van der Waals surface area contributed by atoms with Crippen molar-refractivity contribution in [3.63, 3.8) is 0 Å². The Labute approximate surface area is 142 Å². The van der Waals surface area contributed by atoms with Crippen LogP contribution in [0.4, 0.5) is 5.82 Å². The van der Waals surface area contributed by atoms with Crippen molar-refractivity contribution in [1.29, 1.82) is 0 Å². The van der Waals surface area contributed by atoms with Crippen molar-refractivity contribution in [3.8, 4) is 0 Å². The Morgan fingerprint density at radius 3 is 2.46 bits per heavy atom. The van der Waals surface area contributed by atoms with Gasteiger partial charge in [0.05, 0.1) is 0 Å².